The molecule has 0 saturated heterocycles. The molecule has 0 N–H and O–H groups in total. The molecule has 7 heteroatoms. The zero-order valence-corrected chi connectivity index (χ0v) is 11.9. The van der Waals surface area contributed by atoms with E-state index in [0.717, 1.165) is 0 Å². The van der Waals surface area contributed by atoms with Gasteiger partial charge in [-0.05, 0) is 14.0 Å². The van der Waals surface area contributed by atoms with E-state index in [4.69, 9.17) is 4.74 Å². The normalized spacial score (nSPS) is 10.3. The summed E-state index contributed by atoms with van der Waals surface area (Å²) >= 11 is 0. The highest BCUT2D eigenvalue weighted by atomic mass is 35.5. The van der Waals surface area contributed by atoms with E-state index in [1.807, 2.05) is 0 Å². The molecule has 6 nitrogen and oxygen atoms in total. The van der Waals surface area contributed by atoms with Crippen LogP contribution in [0.5, 0.6) is 0 Å². The third kappa shape index (κ3) is 4.19. The van der Waals surface area contributed by atoms with E-state index in [2.05, 4.69) is 16.1 Å². The summed E-state index contributed by atoms with van der Waals surface area (Å²) in [7, 11) is 4.05. The van der Waals surface area contributed by atoms with Gasteiger partial charge in [0.1, 0.15) is 0 Å². The highest BCUT2D eigenvalue weighted by Crippen LogP contribution is 2.17. The zero-order chi connectivity index (χ0) is 13.5. The van der Waals surface area contributed by atoms with Gasteiger partial charge >= 0.3 is 11.9 Å². The lowest BCUT2D eigenvalue weighted by Crippen LogP contribution is -2.58. The minimum absolute atomic E-state index is 0. The van der Waals surface area contributed by atoms with Crippen molar-refractivity contribution in [2.45, 2.75) is 12.5 Å². The quantitative estimate of drug-likeness (QED) is 0.295. The molecule has 0 bridgehead atoms. The number of hydrogen-bond donors (Lipinski definition) is 0. The monoisotopic (exact) mass is 281 g/mol. The average Bonchev–Trinajstić information content (AvgIpc) is 2.35. The van der Waals surface area contributed by atoms with Crippen molar-refractivity contribution in [2.75, 3.05) is 34.4 Å². The van der Waals surface area contributed by atoms with Crippen molar-refractivity contribution in [3.63, 3.8) is 0 Å². The molecule has 0 atom stereocenters. The Morgan fingerprint density at radius 3 is 2.06 bits per heavy atom. The van der Waals surface area contributed by atoms with Crippen molar-refractivity contribution in [3.05, 3.63) is 12.8 Å². The third-order valence-corrected chi connectivity index (χ3v) is 2.59. The summed E-state index contributed by atoms with van der Waals surface area (Å²) in [4.78, 5) is 24.9. The van der Waals surface area contributed by atoms with E-state index in [1.165, 1.54) is 32.3 Å². The number of carbonyl (C=O) groups is 2. The second-order valence-corrected chi connectivity index (χ2v) is 3.51. The Morgan fingerprint density at radius 1 is 1.28 bits per heavy atom. The molecule has 0 aliphatic carbocycles. The molecule has 0 heterocycles. The molecule has 0 unspecified atom stereocenters. The molecule has 0 aromatic rings. The molecular formula is C11H20ClNO5. The van der Waals surface area contributed by atoms with E-state index in [9.17, 15) is 9.59 Å². The van der Waals surface area contributed by atoms with Crippen LogP contribution in [0.15, 0.2) is 12.8 Å². The van der Waals surface area contributed by atoms with E-state index >= 15 is 0 Å². The highest BCUT2D eigenvalue weighted by molar-refractivity contribution is 6.04. The van der Waals surface area contributed by atoms with Crippen molar-refractivity contribution in [1.29, 1.82) is 0 Å². The lowest BCUT2D eigenvalue weighted by Gasteiger charge is -2.33. The first-order valence-electron chi connectivity index (χ1n) is 5.05. The molecule has 106 valence electrons. The number of hydrogen-bond acceptors (Lipinski definition) is 6. The topological polar surface area (TPSA) is 65.1 Å². The van der Waals surface area contributed by atoms with Crippen LogP contribution in [0.4, 0.5) is 0 Å². The maximum Gasteiger partial charge on any atom is 0.337 e. The number of methoxy groups -OCH3 is 2. The highest BCUT2D eigenvalue weighted by Gasteiger charge is 2.47. The SMILES string of the molecule is C=COCCN(C)C(C)(C(=O)OC)C(=O)OC.Cl. The fourth-order valence-corrected chi connectivity index (χ4v) is 1.29. The summed E-state index contributed by atoms with van der Waals surface area (Å²) in [6.07, 6.45) is 1.29. The number of esters is 2. The van der Waals surface area contributed by atoms with Crippen molar-refractivity contribution >= 4 is 24.3 Å². The van der Waals surface area contributed by atoms with Crippen LogP contribution >= 0.6 is 12.4 Å². The summed E-state index contributed by atoms with van der Waals surface area (Å²) in [5.41, 5.74) is -1.48. The van der Waals surface area contributed by atoms with Crippen LogP contribution in [-0.2, 0) is 23.8 Å². The summed E-state index contributed by atoms with van der Waals surface area (Å²) in [6.45, 7) is 5.50. The first kappa shape index (κ1) is 19.1. The second kappa shape index (κ2) is 8.77. The number of halogens is 1. The average molecular weight is 282 g/mol. The van der Waals surface area contributed by atoms with Crippen molar-refractivity contribution in [3.8, 4) is 0 Å². The van der Waals surface area contributed by atoms with Crippen molar-refractivity contribution in [1.82, 2.24) is 4.90 Å². The summed E-state index contributed by atoms with van der Waals surface area (Å²) in [5.74, 6) is -1.35. The lowest BCUT2D eigenvalue weighted by molar-refractivity contribution is -0.169. The molecule has 0 saturated carbocycles. The van der Waals surface area contributed by atoms with Gasteiger partial charge in [-0.3, -0.25) is 4.90 Å². The Kier molecular flexibility index (Phi) is 9.29. The first-order chi connectivity index (χ1) is 7.94. The maximum absolute atomic E-state index is 11.7. The number of carbonyl (C=O) groups excluding carboxylic acids is 2. The van der Waals surface area contributed by atoms with Crippen LogP contribution in [0.25, 0.3) is 0 Å². The standard InChI is InChI=1S/C11H19NO5.ClH/c1-6-17-8-7-12(3)11(2,9(13)15-4)10(14)16-5;/h6H,1,7-8H2,2-5H3;1H. The molecule has 0 aromatic carbocycles. The van der Waals surface area contributed by atoms with E-state index in [1.54, 1.807) is 7.05 Å². The minimum atomic E-state index is -1.48. The van der Waals surface area contributed by atoms with Crippen LogP contribution in [0.3, 0.4) is 0 Å². The fraction of sp³-hybridized carbons (Fsp3) is 0.636. The summed E-state index contributed by atoms with van der Waals surface area (Å²) in [5, 5.41) is 0. The Labute approximate surface area is 113 Å². The van der Waals surface area contributed by atoms with Gasteiger partial charge in [-0.15, -0.1) is 12.4 Å². The van der Waals surface area contributed by atoms with Crippen molar-refractivity contribution < 1.29 is 23.8 Å². The van der Waals surface area contributed by atoms with Crippen molar-refractivity contribution in [2.24, 2.45) is 0 Å². The van der Waals surface area contributed by atoms with Gasteiger partial charge in [0, 0.05) is 6.54 Å². The van der Waals surface area contributed by atoms with Gasteiger partial charge in [0.25, 0.3) is 0 Å². The number of nitrogens with zero attached hydrogens (tertiary/aromatic N) is 1. The van der Waals surface area contributed by atoms with Gasteiger partial charge in [-0.1, -0.05) is 6.58 Å². The largest absolute Gasteiger partial charge is 0.500 e. The van der Waals surface area contributed by atoms with Crippen LogP contribution in [-0.4, -0.2) is 56.8 Å². The fourth-order valence-electron chi connectivity index (χ4n) is 1.29. The molecule has 0 radical (unpaired) electrons. The van der Waals surface area contributed by atoms with Gasteiger partial charge in [-0.2, -0.15) is 0 Å². The summed E-state index contributed by atoms with van der Waals surface area (Å²) < 4.78 is 14.2. The van der Waals surface area contributed by atoms with Gasteiger partial charge in [0.05, 0.1) is 27.1 Å². The van der Waals surface area contributed by atoms with Crippen LogP contribution in [0.2, 0.25) is 0 Å². The predicted molar refractivity (Wildman–Crippen MR) is 68.5 cm³/mol. The number of likely N-dealkylation sites (N-methyl/N-ethyl adjacent to an activating group) is 1. The summed E-state index contributed by atoms with van der Waals surface area (Å²) in [6, 6.07) is 0. The number of ether oxygens (including phenoxy) is 3. The molecule has 0 aromatic heterocycles. The van der Waals surface area contributed by atoms with Crippen LogP contribution in [0.1, 0.15) is 6.92 Å². The van der Waals surface area contributed by atoms with E-state index < -0.39 is 17.5 Å². The van der Waals surface area contributed by atoms with Crippen LogP contribution in [0, 0.1) is 0 Å². The van der Waals surface area contributed by atoms with E-state index in [-0.39, 0.29) is 12.4 Å². The Hall–Kier alpha value is -1.27. The third-order valence-electron chi connectivity index (χ3n) is 2.59. The van der Waals surface area contributed by atoms with Crippen LogP contribution < -0.4 is 0 Å². The number of rotatable bonds is 7. The molecular weight excluding hydrogens is 262 g/mol. The zero-order valence-electron chi connectivity index (χ0n) is 11.1. The molecule has 18 heavy (non-hydrogen) atoms. The van der Waals surface area contributed by atoms with E-state index in [0.29, 0.717) is 13.2 Å². The Morgan fingerprint density at radius 2 is 1.72 bits per heavy atom. The first-order valence-corrected chi connectivity index (χ1v) is 5.05. The Bertz CT molecular complexity index is 279. The molecule has 0 aliphatic heterocycles. The van der Waals surface area contributed by atoms with Gasteiger partial charge in [0.15, 0.2) is 0 Å². The molecule has 0 fully saturated rings. The molecule has 0 spiro atoms. The molecule has 0 rings (SSSR count). The smallest absolute Gasteiger partial charge is 0.337 e. The maximum atomic E-state index is 11.7. The lowest BCUT2D eigenvalue weighted by atomic mass is 10.0. The predicted octanol–water partition coefficient (Wildman–Crippen LogP) is 0.605. The molecule has 0 amide bonds. The minimum Gasteiger partial charge on any atom is -0.500 e. The second-order valence-electron chi connectivity index (χ2n) is 3.51. The molecule has 0 aliphatic rings. The van der Waals surface area contributed by atoms with Gasteiger partial charge in [0.2, 0.25) is 5.54 Å². The van der Waals surface area contributed by atoms with Gasteiger partial charge in [-0.25, -0.2) is 9.59 Å². The van der Waals surface area contributed by atoms with Gasteiger partial charge < -0.3 is 14.2 Å². The Balaban J connectivity index is 0.